The topological polar surface area (TPSA) is 61.0 Å². The molecular weight excluding hydrogens is 282 g/mol. The van der Waals surface area contributed by atoms with Gasteiger partial charge in [0, 0.05) is 16.9 Å². The van der Waals surface area contributed by atoms with Gasteiger partial charge in [-0.3, -0.25) is 0 Å². The van der Waals surface area contributed by atoms with Crippen molar-refractivity contribution in [3.8, 4) is 5.75 Å². The van der Waals surface area contributed by atoms with Crippen LogP contribution in [-0.2, 0) is 6.42 Å². The Morgan fingerprint density at radius 3 is 2.71 bits per heavy atom. The second-order valence-electron chi connectivity index (χ2n) is 4.98. The van der Waals surface area contributed by atoms with Gasteiger partial charge in [0.15, 0.2) is 0 Å². The third kappa shape index (κ3) is 2.45. The molecule has 2 aromatic heterocycles. The number of thiophene rings is 1. The molecule has 0 amide bonds. The molecule has 0 aliphatic rings. The molecule has 0 bridgehead atoms. The van der Waals surface area contributed by atoms with Crippen LogP contribution in [0.15, 0.2) is 24.3 Å². The molecule has 0 unspecified atom stereocenters. The summed E-state index contributed by atoms with van der Waals surface area (Å²) in [6.45, 7) is 4.15. The van der Waals surface area contributed by atoms with Crippen molar-refractivity contribution in [3.05, 3.63) is 46.1 Å². The van der Waals surface area contributed by atoms with Gasteiger partial charge in [0.2, 0.25) is 0 Å². The largest absolute Gasteiger partial charge is 0.496 e. The third-order valence-corrected chi connectivity index (χ3v) is 4.75. The Balaban J connectivity index is 2.05. The van der Waals surface area contributed by atoms with Gasteiger partial charge in [0.25, 0.3) is 0 Å². The van der Waals surface area contributed by atoms with Gasteiger partial charge in [-0.1, -0.05) is 18.2 Å². The number of nitrogen functional groups attached to an aromatic ring is 1. The summed E-state index contributed by atoms with van der Waals surface area (Å²) < 4.78 is 5.37. The van der Waals surface area contributed by atoms with Gasteiger partial charge in [-0.15, -0.1) is 11.3 Å². The van der Waals surface area contributed by atoms with Crippen molar-refractivity contribution >= 4 is 27.4 Å². The van der Waals surface area contributed by atoms with E-state index in [1.54, 1.807) is 18.4 Å². The number of benzene rings is 1. The number of nitrogens with zero attached hydrogens (tertiary/aromatic N) is 2. The Labute approximate surface area is 127 Å². The molecule has 0 aliphatic carbocycles. The highest BCUT2D eigenvalue weighted by Gasteiger charge is 2.13. The molecular formula is C16H17N3OS. The lowest BCUT2D eigenvalue weighted by Crippen LogP contribution is -2.02. The van der Waals surface area contributed by atoms with Gasteiger partial charge in [-0.2, -0.15) is 0 Å². The summed E-state index contributed by atoms with van der Waals surface area (Å²) in [5.41, 5.74) is 8.36. The summed E-state index contributed by atoms with van der Waals surface area (Å²) in [4.78, 5) is 11.3. The minimum atomic E-state index is 0.562. The van der Waals surface area contributed by atoms with Crippen LogP contribution in [0.25, 0.3) is 10.2 Å². The van der Waals surface area contributed by atoms with E-state index in [1.165, 1.54) is 10.4 Å². The second kappa shape index (κ2) is 5.33. The lowest BCUT2D eigenvalue weighted by molar-refractivity contribution is 0.410. The van der Waals surface area contributed by atoms with E-state index in [9.17, 15) is 0 Å². The molecule has 0 fully saturated rings. The van der Waals surface area contributed by atoms with E-state index in [2.05, 4.69) is 23.8 Å². The molecule has 2 heterocycles. The highest BCUT2D eigenvalue weighted by Crippen LogP contribution is 2.32. The van der Waals surface area contributed by atoms with Crippen LogP contribution >= 0.6 is 11.3 Å². The van der Waals surface area contributed by atoms with Gasteiger partial charge >= 0.3 is 0 Å². The third-order valence-electron chi connectivity index (χ3n) is 3.64. The number of hydrogen-bond acceptors (Lipinski definition) is 5. The van der Waals surface area contributed by atoms with Crippen LogP contribution in [0.4, 0.5) is 5.82 Å². The first-order chi connectivity index (χ1) is 10.1. The maximum atomic E-state index is 6.12. The predicted molar refractivity (Wildman–Crippen MR) is 87.1 cm³/mol. The van der Waals surface area contributed by atoms with Gasteiger partial charge < -0.3 is 10.5 Å². The molecule has 0 spiro atoms. The normalized spacial score (nSPS) is 11.0. The molecule has 2 N–H and O–H groups in total. The number of rotatable bonds is 3. The first kappa shape index (κ1) is 13.8. The molecule has 3 rings (SSSR count). The molecule has 4 nitrogen and oxygen atoms in total. The van der Waals surface area contributed by atoms with Crippen molar-refractivity contribution in [3.63, 3.8) is 0 Å². The summed E-state index contributed by atoms with van der Waals surface area (Å²) in [6.07, 6.45) is 0.611. The fourth-order valence-electron chi connectivity index (χ4n) is 2.42. The van der Waals surface area contributed by atoms with Crippen LogP contribution in [0.2, 0.25) is 0 Å². The van der Waals surface area contributed by atoms with E-state index in [0.717, 1.165) is 27.4 Å². The first-order valence-electron chi connectivity index (χ1n) is 6.74. The van der Waals surface area contributed by atoms with E-state index < -0.39 is 0 Å². The van der Waals surface area contributed by atoms with E-state index in [1.807, 2.05) is 24.3 Å². The zero-order chi connectivity index (χ0) is 15.0. The Kier molecular flexibility index (Phi) is 3.51. The minimum absolute atomic E-state index is 0.562. The number of aromatic nitrogens is 2. The van der Waals surface area contributed by atoms with Crippen molar-refractivity contribution in [2.24, 2.45) is 0 Å². The monoisotopic (exact) mass is 299 g/mol. The van der Waals surface area contributed by atoms with Crippen molar-refractivity contribution in [2.75, 3.05) is 12.8 Å². The summed E-state index contributed by atoms with van der Waals surface area (Å²) in [7, 11) is 1.67. The van der Waals surface area contributed by atoms with Gasteiger partial charge in [0.1, 0.15) is 22.2 Å². The molecule has 21 heavy (non-hydrogen) atoms. The van der Waals surface area contributed by atoms with Crippen molar-refractivity contribution in [2.45, 2.75) is 20.3 Å². The van der Waals surface area contributed by atoms with E-state index in [4.69, 9.17) is 10.5 Å². The number of fused-ring (bicyclic) bond motifs is 1. The maximum absolute atomic E-state index is 6.12. The number of anilines is 1. The van der Waals surface area contributed by atoms with Gasteiger partial charge in [-0.25, -0.2) is 9.97 Å². The zero-order valence-corrected chi connectivity index (χ0v) is 13.1. The van der Waals surface area contributed by atoms with Crippen molar-refractivity contribution in [1.29, 1.82) is 0 Å². The Bertz CT molecular complexity index is 811. The first-order valence-corrected chi connectivity index (χ1v) is 7.55. The van der Waals surface area contributed by atoms with Crippen LogP contribution in [0.5, 0.6) is 5.75 Å². The zero-order valence-electron chi connectivity index (χ0n) is 12.3. The average Bonchev–Trinajstić information content (AvgIpc) is 2.75. The van der Waals surface area contributed by atoms with E-state index in [0.29, 0.717) is 12.2 Å². The number of nitrogens with two attached hydrogens (primary N) is 1. The molecule has 0 radical (unpaired) electrons. The van der Waals surface area contributed by atoms with Crippen LogP contribution in [0, 0.1) is 13.8 Å². The molecule has 108 valence electrons. The SMILES string of the molecule is COc1ccccc1Cc1nc(N)c2c(C)c(C)sc2n1. The summed E-state index contributed by atoms with van der Waals surface area (Å²) >= 11 is 1.67. The highest BCUT2D eigenvalue weighted by atomic mass is 32.1. The smallest absolute Gasteiger partial charge is 0.136 e. The molecule has 1 aromatic carbocycles. The Hall–Kier alpha value is -2.14. The van der Waals surface area contributed by atoms with Crippen LogP contribution in [-0.4, -0.2) is 17.1 Å². The average molecular weight is 299 g/mol. The highest BCUT2D eigenvalue weighted by molar-refractivity contribution is 7.18. The molecule has 0 saturated heterocycles. The maximum Gasteiger partial charge on any atom is 0.136 e. The summed E-state index contributed by atoms with van der Waals surface area (Å²) in [5.74, 6) is 2.14. The number of para-hydroxylation sites is 1. The number of ether oxygens (including phenoxy) is 1. The van der Waals surface area contributed by atoms with Gasteiger partial charge in [-0.05, 0) is 25.5 Å². The predicted octanol–water partition coefficient (Wildman–Crippen LogP) is 3.49. The van der Waals surface area contributed by atoms with Crippen LogP contribution < -0.4 is 10.5 Å². The minimum Gasteiger partial charge on any atom is -0.496 e. The van der Waals surface area contributed by atoms with Gasteiger partial charge in [0.05, 0.1) is 12.5 Å². The van der Waals surface area contributed by atoms with E-state index in [-0.39, 0.29) is 0 Å². The second-order valence-corrected chi connectivity index (χ2v) is 6.18. The number of aryl methyl sites for hydroxylation is 2. The van der Waals surface area contributed by atoms with Crippen molar-refractivity contribution < 1.29 is 4.74 Å². The van der Waals surface area contributed by atoms with E-state index >= 15 is 0 Å². The van der Waals surface area contributed by atoms with Crippen LogP contribution in [0.3, 0.4) is 0 Å². The fourth-order valence-corrected chi connectivity index (χ4v) is 3.48. The summed E-state index contributed by atoms with van der Waals surface area (Å²) in [6, 6.07) is 7.90. The lowest BCUT2D eigenvalue weighted by Gasteiger charge is -2.08. The molecule has 0 saturated carbocycles. The van der Waals surface area contributed by atoms with Crippen LogP contribution in [0.1, 0.15) is 21.8 Å². The number of hydrogen-bond donors (Lipinski definition) is 1. The number of methoxy groups -OCH3 is 1. The summed E-state index contributed by atoms with van der Waals surface area (Å²) in [5, 5.41) is 0.987. The lowest BCUT2D eigenvalue weighted by atomic mass is 10.1. The molecule has 3 aromatic rings. The standard InChI is InChI=1S/C16H17N3OS/c1-9-10(2)21-16-14(9)15(17)18-13(19-16)8-11-6-4-5-7-12(11)20-3/h4-7H,8H2,1-3H3,(H2,17,18,19). The Morgan fingerprint density at radius 2 is 1.95 bits per heavy atom. The molecule has 0 aliphatic heterocycles. The molecule has 5 heteroatoms. The quantitative estimate of drug-likeness (QED) is 0.804. The van der Waals surface area contributed by atoms with Crippen molar-refractivity contribution in [1.82, 2.24) is 9.97 Å². The Morgan fingerprint density at radius 1 is 1.19 bits per heavy atom. The molecule has 0 atom stereocenters. The fraction of sp³-hybridized carbons (Fsp3) is 0.250.